The molecule has 0 bridgehead atoms. The number of carbonyl (C=O) groups excluding carboxylic acids is 1. The summed E-state index contributed by atoms with van der Waals surface area (Å²) >= 11 is 0. The van der Waals surface area contributed by atoms with Crippen molar-refractivity contribution in [3.63, 3.8) is 0 Å². The third kappa shape index (κ3) is 5.76. The van der Waals surface area contributed by atoms with Crippen LogP contribution in [0.3, 0.4) is 0 Å². The van der Waals surface area contributed by atoms with E-state index in [2.05, 4.69) is 11.0 Å². The highest BCUT2D eigenvalue weighted by molar-refractivity contribution is 5.76. The lowest BCUT2D eigenvalue weighted by Crippen LogP contribution is -2.45. The van der Waals surface area contributed by atoms with Gasteiger partial charge in [-0.2, -0.15) is 0 Å². The Kier molecular flexibility index (Phi) is 8.87. The molecule has 2 heterocycles. The van der Waals surface area contributed by atoms with E-state index in [-0.39, 0.29) is 23.6 Å². The molecule has 0 N–H and O–H groups in total. The summed E-state index contributed by atoms with van der Waals surface area (Å²) < 4.78 is 9.17. The number of esters is 1. The van der Waals surface area contributed by atoms with Gasteiger partial charge in [-0.1, -0.05) is 44.2 Å². The average Bonchev–Trinajstić information content (AvgIpc) is 3.10. The zero-order valence-corrected chi connectivity index (χ0v) is 21.2. The van der Waals surface area contributed by atoms with Gasteiger partial charge in [0.05, 0.1) is 17.6 Å². The van der Waals surface area contributed by atoms with Gasteiger partial charge in [0.1, 0.15) is 0 Å². The van der Waals surface area contributed by atoms with Crippen LogP contribution in [0.2, 0.25) is 0 Å². The standard InChI is InChI=1S/C28H43N3O3/c1-3-30-25-14-10-11-15-26(25)31(28(30)33)24-18-19-29(20-22-12-8-6-5-7-9-13-22)21-23(24)16-17-27(32)34-4-2/h10-11,14-15,22-24H,3-9,12-13,16-21H2,1-2H3. The van der Waals surface area contributed by atoms with Gasteiger partial charge in [0.25, 0.3) is 0 Å². The van der Waals surface area contributed by atoms with Crippen LogP contribution in [-0.2, 0) is 16.1 Å². The summed E-state index contributed by atoms with van der Waals surface area (Å²) in [6, 6.07) is 8.28. The van der Waals surface area contributed by atoms with Gasteiger partial charge < -0.3 is 9.64 Å². The lowest BCUT2D eigenvalue weighted by molar-refractivity contribution is -0.143. The number of nitrogens with zero attached hydrogens (tertiary/aromatic N) is 3. The summed E-state index contributed by atoms with van der Waals surface area (Å²) in [6.07, 6.45) is 11.7. The number of piperidine rings is 1. The predicted molar refractivity (Wildman–Crippen MR) is 137 cm³/mol. The minimum atomic E-state index is -0.123. The minimum Gasteiger partial charge on any atom is -0.466 e. The number of aryl methyl sites for hydroxylation is 1. The van der Waals surface area contributed by atoms with Crippen LogP contribution < -0.4 is 5.69 Å². The summed E-state index contributed by atoms with van der Waals surface area (Å²) in [5.41, 5.74) is 2.12. The van der Waals surface area contributed by atoms with Gasteiger partial charge in [-0.05, 0) is 63.5 Å². The van der Waals surface area contributed by atoms with Crippen LogP contribution >= 0.6 is 0 Å². The summed E-state index contributed by atoms with van der Waals surface area (Å²) in [4.78, 5) is 28.3. The first kappa shape index (κ1) is 25.0. The van der Waals surface area contributed by atoms with Gasteiger partial charge in [0.2, 0.25) is 0 Å². The lowest BCUT2D eigenvalue weighted by Gasteiger charge is -2.40. The smallest absolute Gasteiger partial charge is 0.329 e. The van der Waals surface area contributed by atoms with E-state index in [0.717, 1.165) is 49.4 Å². The number of benzene rings is 1. The molecule has 4 rings (SSSR count). The van der Waals surface area contributed by atoms with E-state index in [9.17, 15) is 9.59 Å². The van der Waals surface area contributed by atoms with Crippen molar-refractivity contribution in [1.82, 2.24) is 14.0 Å². The fourth-order valence-electron chi connectivity index (χ4n) is 6.37. The molecule has 6 nitrogen and oxygen atoms in total. The zero-order valence-electron chi connectivity index (χ0n) is 21.2. The number of fused-ring (bicyclic) bond motifs is 1. The first-order valence-corrected chi connectivity index (χ1v) is 13.7. The van der Waals surface area contributed by atoms with E-state index in [0.29, 0.717) is 19.6 Å². The Morgan fingerprint density at radius 3 is 2.41 bits per heavy atom. The van der Waals surface area contributed by atoms with E-state index < -0.39 is 0 Å². The van der Waals surface area contributed by atoms with E-state index in [1.807, 2.05) is 41.2 Å². The molecule has 2 fully saturated rings. The summed E-state index contributed by atoms with van der Waals surface area (Å²) in [5, 5.41) is 0. The number of ether oxygens (including phenoxy) is 1. The normalized spacial score (nSPS) is 23.0. The molecular formula is C28H43N3O3. The molecule has 0 radical (unpaired) electrons. The molecular weight excluding hydrogens is 426 g/mol. The molecule has 1 saturated heterocycles. The van der Waals surface area contributed by atoms with Crippen LogP contribution in [0.15, 0.2) is 29.1 Å². The van der Waals surface area contributed by atoms with Crippen molar-refractivity contribution in [2.24, 2.45) is 11.8 Å². The molecule has 1 saturated carbocycles. The number of hydrogen-bond donors (Lipinski definition) is 0. The number of hydrogen-bond acceptors (Lipinski definition) is 4. The molecule has 1 aliphatic carbocycles. The molecule has 6 heteroatoms. The number of rotatable bonds is 8. The van der Waals surface area contributed by atoms with Crippen molar-refractivity contribution < 1.29 is 9.53 Å². The number of carbonyl (C=O) groups is 1. The van der Waals surface area contributed by atoms with Gasteiger partial charge >= 0.3 is 11.7 Å². The Morgan fingerprint density at radius 2 is 1.71 bits per heavy atom. The van der Waals surface area contributed by atoms with Gasteiger partial charge in [0, 0.05) is 38.6 Å². The van der Waals surface area contributed by atoms with Crippen LogP contribution in [-0.4, -0.2) is 46.2 Å². The van der Waals surface area contributed by atoms with Crippen LogP contribution in [0.1, 0.15) is 84.1 Å². The van der Waals surface area contributed by atoms with Crippen LogP contribution in [0.4, 0.5) is 0 Å². The molecule has 34 heavy (non-hydrogen) atoms. The molecule has 0 spiro atoms. The van der Waals surface area contributed by atoms with Crippen LogP contribution in [0, 0.1) is 11.8 Å². The summed E-state index contributed by atoms with van der Waals surface area (Å²) in [5.74, 6) is 0.925. The maximum Gasteiger partial charge on any atom is 0.329 e. The maximum atomic E-state index is 13.5. The Morgan fingerprint density at radius 1 is 1.00 bits per heavy atom. The van der Waals surface area contributed by atoms with Crippen molar-refractivity contribution in [2.75, 3.05) is 26.2 Å². The second-order valence-electron chi connectivity index (χ2n) is 10.3. The third-order valence-corrected chi connectivity index (χ3v) is 8.06. The number of para-hydroxylation sites is 2. The number of imidazole rings is 1. The fourth-order valence-corrected chi connectivity index (χ4v) is 6.37. The van der Waals surface area contributed by atoms with E-state index >= 15 is 0 Å². The second-order valence-corrected chi connectivity index (χ2v) is 10.3. The van der Waals surface area contributed by atoms with Gasteiger partial charge in [-0.25, -0.2) is 4.79 Å². The van der Waals surface area contributed by atoms with E-state index in [4.69, 9.17) is 4.74 Å². The van der Waals surface area contributed by atoms with Crippen molar-refractivity contribution in [3.05, 3.63) is 34.7 Å². The van der Waals surface area contributed by atoms with E-state index in [1.165, 1.54) is 44.9 Å². The first-order chi connectivity index (χ1) is 16.6. The van der Waals surface area contributed by atoms with Gasteiger partial charge in [0.15, 0.2) is 0 Å². The van der Waals surface area contributed by atoms with Crippen LogP contribution in [0.5, 0.6) is 0 Å². The highest BCUT2D eigenvalue weighted by Crippen LogP contribution is 2.34. The number of aromatic nitrogens is 2. The fraction of sp³-hybridized carbons (Fsp3) is 0.714. The van der Waals surface area contributed by atoms with Crippen molar-refractivity contribution in [2.45, 2.75) is 90.6 Å². The Bertz CT molecular complexity index is 986. The predicted octanol–water partition coefficient (Wildman–Crippen LogP) is 5.39. The highest BCUT2D eigenvalue weighted by atomic mass is 16.5. The Hall–Kier alpha value is -2.08. The first-order valence-electron chi connectivity index (χ1n) is 13.7. The molecule has 2 aliphatic rings. The van der Waals surface area contributed by atoms with Crippen LogP contribution in [0.25, 0.3) is 11.0 Å². The summed E-state index contributed by atoms with van der Waals surface area (Å²) in [6.45, 7) is 8.12. The monoisotopic (exact) mass is 469 g/mol. The SMILES string of the molecule is CCOC(=O)CCC1CN(CC2CCCCCCC2)CCC1n1c(=O)n(CC)c2ccccc21. The van der Waals surface area contributed by atoms with Gasteiger partial charge in [-0.15, -0.1) is 0 Å². The van der Waals surface area contributed by atoms with Crippen molar-refractivity contribution in [3.8, 4) is 0 Å². The second kappa shape index (κ2) is 12.1. The molecule has 2 aromatic rings. The lowest BCUT2D eigenvalue weighted by atomic mass is 9.86. The largest absolute Gasteiger partial charge is 0.466 e. The van der Waals surface area contributed by atoms with Crippen molar-refractivity contribution >= 4 is 17.0 Å². The molecule has 2 atom stereocenters. The third-order valence-electron chi connectivity index (χ3n) is 8.06. The summed E-state index contributed by atoms with van der Waals surface area (Å²) in [7, 11) is 0. The molecule has 1 aromatic heterocycles. The van der Waals surface area contributed by atoms with Gasteiger partial charge in [-0.3, -0.25) is 13.9 Å². The Labute approximate surface area is 204 Å². The molecule has 188 valence electrons. The topological polar surface area (TPSA) is 56.5 Å². The molecule has 1 aliphatic heterocycles. The highest BCUT2D eigenvalue weighted by Gasteiger charge is 2.34. The minimum absolute atomic E-state index is 0.0864. The molecule has 0 amide bonds. The van der Waals surface area contributed by atoms with Crippen molar-refractivity contribution in [1.29, 1.82) is 0 Å². The maximum absolute atomic E-state index is 13.5. The molecule has 2 unspecified atom stereocenters. The average molecular weight is 470 g/mol. The number of likely N-dealkylation sites (tertiary alicyclic amines) is 1. The zero-order chi connectivity index (χ0) is 23.9. The molecule has 1 aromatic carbocycles. The quantitative estimate of drug-likeness (QED) is 0.487. The Balaban J connectivity index is 1.56. The van der Waals surface area contributed by atoms with E-state index in [1.54, 1.807) is 0 Å².